The Morgan fingerprint density at radius 1 is 0.554 bits per heavy atom. The number of carboxylic acids is 1. The van der Waals surface area contributed by atoms with E-state index in [0.29, 0.717) is 85.4 Å². The normalized spacial score (nSPS) is 21.5. The summed E-state index contributed by atoms with van der Waals surface area (Å²) in [6, 6.07) is 19.0. The number of urea groups is 3. The Morgan fingerprint density at radius 3 is 1.41 bits per heavy atom. The number of carboxylic acid groups (broad SMARTS) is 1. The molecule has 4 aliphatic heterocycles. The Bertz CT molecular complexity index is 4160. The summed E-state index contributed by atoms with van der Waals surface area (Å²) in [6.07, 6.45) is 0.749. The smallest absolute Gasteiger partial charge is 0.329 e. The van der Waals surface area contributed by atoms with E-state index in [1.165, 1.54) is 42.5 Å². The summed E-state index contributed by atoms with van der Waals surface area (Å²) in [5.74, 6) is -6.38. The average molecular weight is 1130 g/mol. The standard InChI is InChI=1S/C21H16FN3O5.C19H12F2N4O3.C18H14FN3O3/c1-9-6-12(16(26)24-20(4-5-20)18(28)29)15-11-3-2-10(22)8-13(11)21(14(15)7-9)17(27)23-19(30)25-21;20-9-1-2-11-12(5-9)19(17(27)24-18(28)25-19)13-6-10(21)3-8(16(11)13)4-14-22-7-15(26)23-14;1-8-4-9(6-14(20)23)15-11-3-2-10(19)7-12(11)18(13(15)5-8)16(24)21-17(25)22-18/h2-3,6-8H,4-5H2,1H3,(H,24,26)(H,28,29)(H2,23,25,27,30);1-3,5-6H,4,7H2,(H,22,23,26)(H2,24,25,27,28);2-5,7H,6H2,1H3,(H2,20,23)(H2,21,22,24,25). The number of aryl methyl sites for hydroxylation is 2. The number of nitrogens with one attached hydrogen (secondary N) is 8. The molecule has 0 aromatic heterocycles. The van der Waals surface area contributed by atoms with Crippen molar-refractivity contribution in [1.29, 1.82) is 0 Å². The van der Waals surface area contributed by atoms with E-state index in [-0.39, 0.29) is 47.5 Å². The molecule has 1 saturated carbocycles. The Labute approximate surface area is 464 Å². The number of amidine groups is 1. The van der Waals surface area contributed by atoms with Crippen LogP contribution < -0.4 is 48.3 Å². The molecule has 4 heterocycles. The highest BCUT2D eigenvalue weighted by atomic mass is 19.1. The number of carbonyl (C=O) groups is 10. The molecule has 4 fully saturated rings. The fourth-order valence-electron chi connectivity index (χ4n) is 12.3. The molecule has 3 atom stereocenters. The Balaban J connectivity index is 0.000000123. The number of carbonyl (C=O) groups excluding carboxylic acids is 9. The number of benzene rings is 6. The lowest BCUT2D eigenvalue weighted by Crippen LogP contribution is -2.44. The molecule has 8 aliphatic rings. The number of halogens is 4. The lowest BCUT2D eigenvalue weighted by molar-refractivity contribution is -0.140. The highest BCUT2D eigenvalue weighted by Crippen LogP contribution is 2.54. The molecule has 25 heteroatoms. The van der Waals surface area contributed by atoms with Crippen molar-refractivity contribution in [3.05, 3.63) is 175 Å². The van der Waals surface area contributed by atoms with Crippen LogP contribution in [0.5, 0.6) is 0 Å². The molecule has 3 saturated heterocycles. The van der Waals surface area contributed by atoms with E-state index in [1.54, 1.807) is 31.2 Å². The molecule has 11 N–H and O–H groups in total. The number of hydrogen-bond donors (Lipinski definition) is 10. The molecule has 3 unspecified atom stereocenters. The van der Waals surface area contributed by atoms with Gasteiger partial charge in [0, 0.05) is 50.9 Å². The van der Waals surface area contributed by atoms with Crippen LogP contribution in [0.4, 0.5) is 31.9 Å². The molecule has 418 valence electrons. The quantitative estimate of drug-likeness (QED) is 0.0808. The van der Waals surface area contributed by atoms with Gasteiger partial charge in [0.05, 0.1) is 6.42 Å². The Morgan fingerprint density at radius 2 is 0.988 bits per heavy atom. The number of aliphatic carboxylic acids is 1. The van der Waals surface area contributed by atoms with Crippen LogP contribution in [-0.4, -0.2) is 82.5 Å². The third-order valence-electron chi connectivity index (χ3n) is 15.8. The van der Waals surface area contributed by atoms with Crippen LogP contribution in [0.1, 0.15) is 78.8 Å². The maximum absolute atomic E-state index is 14.5. The molecule has 12 amide bonds. The van der Waals surface area contributed by atoms with Gasteiger partial charge in [-0.05, 0) is 126 Å². The summed E-state index contributed by atoms with van der Waals surface area (Å²) < 4.78 is 56.5. The van der Waals surface area contributed by atoms with E-state index >= 15 is 0 Å². The summed E-state index contributed by atoms with van der Waals surface area (Å²) in [5, 5.41) is 29.0. The van der Waals surface area contributed by atoms with Crippen LogP contribution in [0, 0.1) is 37.1 Å². The van der Waals surface area contributed by atoms with Crippen molar-refractivity contribution in [1.82, 2.24) is 42.5 Å². The summed E-state index contributed by atoms with van der Waals surface area (Å²) in [5.41, 5.74) is 6.83. The van der Waals surface area contributed by atoms with Gasteiger partial charge in [-0.2, -0.15) is 0 Å². The molecule has 6 aromatic carbocycles. The van der Waals surface area contributed by atoms with Crippen molar-refractivity contribution in [2.75, 3.05) is 6.54 Å². The Kier molecular flexibility index (Phi) is 11.8. The first-order valence-electron chi connectivity index (χ1n) is 25.5. The first-order valence-corrected chi connectivity index (χ1v) is 25.5. The number of hydrogen-bond acceptors (Lipinski definition) is 11. The number of amides is 12. The van der Waals surface area contributed by atoms with Crippen molar-refractivity contribution in [3.63, 3.8) is 0 Å². The van der Waals surface area contributed by atoms with Crippen molar-refractivity contribution in [2.24, 2.45) is 10.7 Å². The number of rotatable bonds is 7. The van der Waals surface area contributed by atoms with Crippen molar-refractivity contribution in [3.8, 4) is 33.4 Å². The highest BCUT2D eigenvalue weighted by molar-refractivity contribution is 6.17. The molecule has 3 spiro atoms. The molecule has 0 radical (unpaired) electrons. The van der Waals surface area contributed by atoms with Gasteiger partial charge in [-0.25, -0.2) is 36.7 Å². The zero-order chi connectivity index (χ0) is 59.0. The van der Waals surface area contributed by atoms with Crippen LogP contribution in [0.15, 0.2) is 96.0 Å². The van der Waals surface area contributed by atoms with Gasteiger partial charge in [-0.15, -0.1) is 0 Å². The van der Waals surface area contributed by atoms with Crippen LogP contribution in [0.3, 0.4) is 0 Å². The third kappa shape index (κ3) is 8.07. The summed E-state index contributed by atoms with van der Waals surface area (Å²) in [7, 11) is 0. The topological polar surface area (TPSA) is 326 Å². The number of nitrogens with two attached hydrogens (primary N) is 1. The second-order valence-corrected chi connectivity index (χ2v) is 21.1. The van der Waals surface area contributed by atoms with Gasteiger partial charge in [0.15, 0.2) is 16.6 Å². The van der Waals surface area contributed by atoms with Gasteiger partial charge in [-0.3, -0.25) is 49.7 Å². The van der Waals surface area contributed by atoms with E-state index in [1.807, 2.05) is 13.0 Å². The lowest BCUT2D eigenvalue weighted by Gasteiger charge is -2.24. The van der Waals surface area contributed by atoms with Gasteiger partial charge in [0.25, 0.3) is 23.6 Å². The van der Waals surface area contributed by atoms with E-state index in [9.17, 15) is 70.6 Å². The minimum absolute atomic E-state index is 0.00294. The Hall–Kier alpha value is -10.6. The predicted molar refractivity (Wildman–Crippen MR) is 281 cm³/mol. The average Bonchev–Trinajstić information content (AvgIpc) is 1.65. The van der Waals surface area contributed by atoms with Crippen molar-refractivity contribution in [2.45, 2.75) is 61.7 Å². The first-order chi connectivity index (χ1) is 39.4. The van der Waals surface area contributed by atoms with Gasteiger partial charge >= 0.3 is 24.1 Å². The molecule has 83 heavy (non-hydrogen) atoms. The number of imide groups is 3. The zero-order valence-corrected chi connectivity index (χ0v) is 43.3. The molecule has 6 aromatic rings. The molecule has 4 aliphatic carbocycles. The molecule has 14 rings (SSSR count). The van der Waals surface area contributed by atoms with Crippen molar-refractivity contribution >= 4 is 65.3 Å². The maximum Gasteiger partial charge on any atom is 0.329 e. The largest absolute Gasteiger partial charge is 0.480 e. The minimum Gasteiger partial charge on any atom is -0.480 e. The fourth-order valence-corrected chi connectivity index (χ4v) is 12.3. The number of aliphatic imine (C=N–C) groups is 1. The van der Waals surface area contributed by atoms with Crippen molar-refractivity contribution < 1.29 is 70.6 Å². The second-order valence-electron chi connectivity index (χ2n) is 21.1. The van der Waals surface area contributed by atoms with Crippen LogP contribution in [0.25, 0.3) is 33.4 Å². The fraction of sp³-hybridized carbons (Fsp3) is 0.190. The van der Waals surface area contributed by atoms with E-state index in [0.717, 1.165) is 23.8 Å². The highest BCUT2D eigenvalue weighted by Gasteiger charge is 2.59. The van der Waals surface area contributed by atoms with E-state index in [4.69, 9.17) is 5.73 Å². The van der Waals surface area contributed by atoms with E-state index in [2.05, 4.69) is 47.5 Å². The third-order valence-corrected chi connectivity index (χ3v) is 15.8. The minimum atomic E-state index is -1.71. The molecular weight excluding hydrogens is 1090 g/mol. The van der Waals surface area contributed by atoms with Gasteiger partial charge in [-0.1, -0.05) is 42.0 Å². The van der Waals surface area contributed by atoms with Gasteiger partial charge in [0.1, 0.15) is 41.2 Å². The maximum atomic E-state index is 14.5. The van der Waals surface area contributed by atoms with Crippen LogP contribution >= 0.6 is 0 Å². The monoisotopic (exact) mass is 1130 g/mol. The summed E-state index contributed by atoms with van der Waals surface area (Å²) >= 11 is 0. The zero-order valence-electron chi connectivity index (χ0n) is 43.3. The number of primary amides is 1. The summed E-state index contributed by atoms with van der Waals surface area (Å²) in [6.45, 7) is 3.53. The second kappa shape index (κ2) is 18.5. The number of fused-ring (bicyclic) bond motifs is 15. The van der Waals surface area contributed by atoms with Gasteiger partial charge in [0.2, 0.25) is 11.8 Å². The van der Waals surface area contributed by atoms with Gasteiger partial charge < -0.3 is 37.4 Å². The van der Waals surface area contributed by atoms with Crippen LogP contribution in [-0.2, 0) is 58.2 Å². The lowest BCUT2D eigenvalue weighted by atomic mass is 9.86. The first kappa shape index (κ1) is 53.1. The van der Waals surface area contributed by atoms with Crippen LogP contribution in [0.2, 0.25) is 0 Å². The predicted octanol–water partition coefficient (Wildman–Crippen LogP) is 3.87. The number of nitrogens with zero attached hydrogens (tertiary/aromatic N) is 1. The molecule has 21 nitrogen and oxygen atoms in total. The molecule has 0 bridgehead atoms. The van der Waals surface area contributed by atoms with E-state index < -0.39 is 99.0 Å². The molecular formula is C58H42F4N10O11. The summed E-state index contributed by atoms with van der Waals surface area (Å²) in [4.78, 5) is 126. The SMILES string of the molecule is Cc1cc(C(=O)NC2(C(=O)O)CC2)c2c(c1)C1(NC(=O)NC1=O)c1cc(F)ccc1-2.Cc1cc(CC(N)=O)c2c(c1)C1(NC(=O)NC1=O)c1cc(F)ccc1-2.O=C1CN=C(Cc2cc(F)cc3c2-c2ccc(F)cc2C32NC(=O)NC2=O)N1.